The maximum atomic E-state index is 12.3. The van der Waals surface area contributed by atoms with Gasteiger partial charge in [-0.2, -0.15) is 0 Å². The second-order valence-corrected chi connectivity index (χ2v) is 6.06. The Bertz CT molecular complexity index is 887. The maximum Gasteiger partial charge on any atom is 0.341 e. The summed E-state index contributed by atoms with van der Waals surface area (Å²) in [6, 6.07) is 14.5. The summed E-state index contributed by atoms with van der Waals surface area (Å²) in [6.07, 6.45) is 0. The van der Waals surface area contributed by atoms with Crippen molar-refractivity contribution in [1.82, 2.24) is 5.32 Å². The van der Waals surface area contributed by atoms with Crippen LogP contribution in [0.3, 0.4) is 0 Å². The van der Waals surface area contributed by atoms with E-state index in [1.54, 1.807) is 29.5 Å². The Hall–Kier alpha value is -2.86. The molecule has 2 aromatic carbocycles. The monoisotopic (exact) mass is 341 g/mol. The van der Waals surface area contributed by atoms with Gasteiger partial charge in [0.15, 0.2) is 6.61 Å². The van der Waals surface area contributed by atoms with E-state index in [1.807, 2.05) is 23.6 Å². The minimum Gasteiger partial charge on any atom is -0.482 e. The highest BCUT2D eigenvalue weighted by Gasteiger charge is 2.09. The van der Waals surface area contributed by atoms with Crippen LogP contribution in [0.4, 0.5) is 0 Å². The van der Waals surface area contributed by atoms with Crippen molar-refractivity contribution >= 4 is 33.3 Å². The summed E-state index contributed by atoms with van der Waals surface area (Å²) in [5, 5.41) is 14.7. The smallest absolute Gasteiger partial charge is 0.341 e. The fourth-order valence-electron chi connectivity index (χ4n) is 2.32. The Morgan fingerprint density at radius 1 is 1.12 bits per heavy atom. The molecule has 0 aliphatic rings. The first-order valence-electron chi connectivity index (χ1n) is 7.31. The van der Waals surface area contributed by atoms with Crippen molar-refractivity contribution in [2.45, 2.75) is 6.54 Å². The summed E-state index contributed by atoms with van der Waals surface area (Å²) in [7, 11) is 0. The van der Waals surface area contributed by atoms with Gasteiger partial charge in [-0.25, -0.2) is 4.79 Å². The Morgan fingerprint density at radius 3 is 2.79 bits per heavy atom. The molecule has 0 atom stereocenters. The van der Waals surface area contributed by atoms with E-state index < -0.39 is 12.6 Å². The van der Waals surface area contributed by atoms with E-state index in [2.05, 4.69) is 11.4 Å². The molecule has 2 N–H and O–H groups in total. The molecule has 0 aliphatic heterocycles. The summed E-state index contributed by atoms with van der Waals surface area (Å²) < 4.78 is 6.27. The zero-order valence-electron chi connectivity index (χ0n) is 12.7. The molecule has 0 saturated carbocycles. The van der Waals surface area contributed by atoms with Gasteiger partial charge in [-0.3, -0.25) is 4.79 Å². The quantitative estimate of drug-likeness (QED) is 0.721. The van der Waals surface area contributed by atoms with E-state index in [4.69, 9.17) is 9.84 Å². The van der Waals surface area contributed by atoms with Crippen molar-refractivity contribution in [3.8, 4) is 5.75 Å². The summed E-state index contributed by atoms with van der Waals surface area (Å²) in [5.41, 5.74) is 1.50. The zero-order chi connectivity index (χ0) is 16.9. The van der Waals surface area contributed by atoms with Gasteiger partial charge < -0.3 is 15.2 Å². The topological polar surface area (TPSA) is 75.6 Å². The van der Waals surface area contributed by atoms with Crippen LogP contribution in [-0.2, 0) is 11.3 Å². The van der Waals surface area contributed by atoms with Crippen molar-refractivity contribution in [3.05, 3.63) is 65.0 Å². The fraction of sp³-hybridized carbons (Fsp3) is 0.111. The number of amides is 1. The number of nitrogens with one attached hydrogen (secondary N) is 1. The van der Waals surface area contributed by atoms with Crippen LogP contribution in [0.25, 0.3) is 10.1 Å². The number of carbonyl (C=O) groups is 2. The van der Waals surface area contributed by atoms with Crippen LogP contribution in [-0.4, -0.2) is 23.6 Å². The molecule has 6 heteroatoms. The average molecular weight is 341 g/mol. The number of benzene rings is 2. The molecule has 3 aromatic rings. The van der Waals surface area contributed by atoms with E-state index in [0.717, 1.165) is 10.9 Å². The summed E-state index contributed by atoms with van der Waals surface area (Å²) in [4.78, 5) is 22.8. The number of ether oxygens (including phenoxy) is 1. The fourth-order valence-corrected chi connectivity index (χ4v) is 3.28. The highest BCUT2D eigenvalue weighted by molar-refractivity contribution is 7.17. The summed E-state index contributed by atoms with van der Waals surface area (Å²) >= 11 is 1.65. The number of thiophene rings is 1. The van der Waals surface area contributed by atoms with E-state index in [1.165, 1.54) is 10.8 Å². The van der Waals surface area contributed by atoms with Crippen molar-refractivity contribution in [3.63, 3.8) is 0 Å². The van der Waals surface area contributed by atoms with E-state index in [9.17, 15) is 9.59 Å². The lowest BCUT2D eigenvalue weighted by Crippen LogP contribution is -2.22. The van der Waals surface area contributed by atoms with Gasteiger partial charge in [-0.05, 0) is 40.6 Å². The first-order chi connectivity index (χ1) is 11.6. The molecule has 5 nitrogen and oxygen atoms in total. The molecule has 0 bridgehead atoms. The van der Waals surface area contributed by atoms with E-state index in [-0.39, 0.29) is 5.91 Å². The van der Waals surface area contributed by atoms with Gasteiger partial charge in [0.1, 0.15) is 5.75 Å². The molecule has 0 fully saturated rings. The number of fused-ring (bicyclic) bond motifs is 1. The molecule has 0 aliphatic carbocycles. The number of rotatable bonds is 6. The number of hydrogen-bond acceptors (Lipinski definition) is 4. The molecule has 3 rings (SSSR count). The lowest BCUT2D eigenvalue weighted by Gasteiger charge is -2.07. The van der Waals surface area contributed by atoms with Crippen molar-refractivity contribution in [2.75, 3.05) is 6.61 Å². The van der Waals surface area contributed by atoms with Crippen molar-refractivity contribution in [2.24, 2.45) is 0 Å². The van der Waals surface area contributed by atoms with Crippen LogP contribution in [0.1, 0.15) is 15.9 Å². The largest absolute Gasteiger partial charge is 0.482 e. The van der Waals surface area contributed by atoms with Gasteiger partial charge in [-0.1, -0.05) is 24.3 Å². The molecule has 0 saturated heterocycles. The lowest BCUT2D eigenvalue weighted by atomic mass is 10.1. The average Bonchev–Trinajstić information content (AvgIpc) is 3.01. The second-order valence-electron chi connectivity index (χ2n) is 5.15. The Kier molecular flexibility index (Phi) is 4.77. The van der Waals surface area contributed by atoms with Crippen LogP contribution in [0.15, 0.2) is 53.9 Å². The number of hydrogen-bond donors (Lipinski definition) is 2. The third kappa shape index (κ3) is 3.72. The predicted molar refractivity (Wildman–Crippen MR) is 92.6 cm³/mol. The number of aliphatic carboxylic acids is 1. The zero-order valence-corrected chi connectivity index (χ0v) is 13.5. The van der Waals surface area contributed by atoms with Crippen LogP contribution in [0.2, 0.25) is 0 Å². The molecule has 0 radical (unpaired) electrons. The second kappa shape index (κ2) is 7.14. The number of carbonyl (C=O) groups excluding carboxylic acids is 1. The van der Waals surface area contributed by atoms with E-state index in [0.29, 0.717) is 17.9 Å². The van der Waals surface area contributed by atoms with Gasteiger partial charge in [0.25, 0.3) is 5.91 Å². The molecule has 1 aromatic heterocycles. The van der Waals surface area contributed by atoms with Gasteiger partial charge in [0.05, 0.1) is 0 Å². The Morgan fingerprint density at radius 2 is 1.96 bits per heavy atom. The normalized spacial score (nSPS) is 10.5. The van der Waals surface area contributed by atoms with Gasteiger partial charge in [0, 0.05) is 16.8 Å². The first kappa shape index (κ1) is 16.0. The van der Waals surface area contributed by atoms with Gasteiger partial charge in [-0.15, -0.1) is 11.3 Å². The summed E-state index contributed by atoms with van der Waals surface area (Å²) in [5.74, 6) is -0.939. The molecule has 1 amide bonds. The van der Waals surface area contributed by atoms with Crippen molar-refractivity contribution in [1.29, 1.82) is 0 Å². The van der Waals surface area contributed by atoms with Crippen LogP contribution >= 0.6 is 11.3 Å². The van der Waals surface area contributed by atoms with Crippen LogP contribution < -0.4 is 10.1 Å². The van der Waals surface area contributed by atoms with Gasteiger partial charge in [0.2, 0.25) is 0 Å². The maximum absolute atomic E-state index is 12.3. The Labute approximate surface area is 142 Å². The first-order valence-corrected chi connectivity index (χ1v) is 8.19. The molecule has 0 spiro atoms. The van der Waals surface area contributed by atoms with Crippen molar-refractivity contribution < 1.29 is 19.4 Å². The third-order valence-electron chi connectivity index (χ3n) is 3.46. The third-order valence-corrected chi connectivity index (χ3v) is 4.47. The number of carboxylic acids is 1. The molecule has 24 heavy (non-hydrogen) atoms. The predicted octanol–water partition coefficient (Wildman–Crippen LogP) is 3.29. The SMILES string of the molecule is O=C(O)COc1cccc(C(=O)NCc2csc3ccccc23)c1. The minimum absolute atomic E-state index is 0.231. The standard InChI is InChI=1S/C18H15NO4S/c20-17(21)10-23-14-5-3-4-12(8-14)18(22)19-9-13-11-24-16-7-2-1-6-15(13)16/h1-8,11H,9-10H2,(H,19,22)(H,20,21). The molecular formula is C18H15NO4S. The van der Waals surface area contributed by atoms with Gasteiger partial charge >= 0.3 is 5.97 Å². The molecule has 0 unspecified atom stereocenters. The number of carboxylic acid groups (broad SMARTS) is 1. The molecular weight excluding hydrogens is 326 g/mol. The van der Waals surface area contributed by atoms with Crippen LogP contribution in [0.5, 0.6) is 5.75 Å². The highest BCUT2D eigenvalue weighted by Crippen LogP contribution is 2.25. The molecule has 1 heterocycles. The van der Waals surface area contributed by atoms with E-state index >= 15 is 0 Å². The Balaban J connectivity index is 1.66. The van der Waals surface area contributed by atoms with Crippen LogP contribution in [0, 0.1) is 0 Å². The summed E-state index contributed by atoms with van der Waals surface area (Å²) in [6.45, 7) is -0.00494. The minimum atomic E-state index is -1.06. The molecule has 122 valence electrons. The lowest BCUT2D eigenvalue weighted by molar-refractivity contribution is -0.139. The highest BCUT2D eigenvalue weighted by atomic mass is 32.1.